The quantitative estimate of drug-likeness (QED) is 0.716. The third kappa shape index (κ3) is 3.67. The van der Waals surface area contributed by atoms with Gasteiger partial charge in [0.2, 0.25) is 0 Å². The Kier molecular flexibility index (Phi) is 4.73. The number of nitrogens with zero attached hydrogens (tertiary/aromatic N) is 3. The van der Waals surface area contributed by atoms with Crippen LogP contribution in [0.1, 0.15) is 26.4 Å². The van der Waals surface area contributed by atoms with E-state index in [4.69, 9.17) is 0 Å². The van der Waals surface area contributed by atoms with Crippen LogP contribution >= 0.6 is 0 Å². The van der Waals surface area contributed by atoms with Gasteiger partial charge < -0.3 is 9.80 Å². The maximum Gasteiger partial charge on any atom is 0.416 e. The highest BCUT2D eigenvalue weighted by atomic mass is 19.4. The fourth-order valence-electron chi connectivity index (χ4n) is 3.40. The molecule has 150 valence electrons. The largest absolute Gasteiger partial charge is 0.416 e. The highest BCUT2D eigenvalue weighted by Crippen LogP contribution is 2.30. The van der Waals surface area contributed by atoms with Crippen molar-refractivity contribution in [1.29, 1.82) is 0 Å². The van der Waals surface area contributed by atoms with Gasteiger partial charge in [-0.15, -0.1) is 0 Å². The fourth-order valence-corrected chi connectivity index (χ4v) is 3.40. The molecule has 2 amide bonds. The van der Waals surface area contributed by atoms with Gasteiger partial charge in [-0.25, -0.2) is 0 Å². The van der Waals surface area contributed by atoms with Gasteiger partial charge in [-0.2, -0.15) is 18.3 Å². The lowest BCUT2D eigenvalue weighted by atomic mass is 10.1. The number of halogens is 3. The highest BCUT2D eigenvalue weighted by molar-refractivity contribution is 6.04. The molecule has 0 spiro atoms. The fraction of sp³-hybridized carbons (Fsp3) is 0.250. The second kappa shape index (κ2) is 7.23. The number of rotatable bonds is 2. The average Bonchev–Trinajstić information content (AvgIpc) is 3.16. The van der Waals surface area contributed by atoms with Crippen LogP contribution in [0.5, 0.6) is 0 Å². The van der Waals surface area contributed by atoms with E-state index in [9.17, 15) is 22.8 Å². The lowest BCUT2D eigenvalue weighted by Crippen LogP contribution is -2.50. The highest BCUT2D eigenvalue weighted by Gasteiger charge is 2.32. The third-order valence-electron chi connectivity index (χ3n) is 4.96. The van der Waals surface area contributed by atoms with E-state index in [0.29, 0.717) is 5.69 Å². The standard InChI is InChI=1S/C20H17F3N4O2/c21-20(22,23)14-5-3-4-13(12-14)18(28)26-8-10-27(11-9-26)19(29)17-15-6-1-2-7-16(15)24-25-17/h1-7,12H,8-11H2,(H,24,25). The monoisotopic (exact) mass is 402 g/mol. The van der Waals surface area contributed by atoms with Crippen molar-refractivity contribution in [3.8, 4) is 0 Å². The SMILES string of the molecule is O=C(c1cccc(C(F)(F)F)c1)N1CCN(C(=O)c2n[nH]c3ccccc23)CC1. The molecule has 1 aliphatic rings. The summed E-state index contributed by atoms with van der Waals surface area (Å²) in [6, 6.07) is 11.7. The molecule has 0 bridgehead atoms. The number of nitrogens with one attached hydrogen (secondary N) is 1. The molecule has 29 heavy (non-hydrogen) atoms. The van der Waals surface area contributed by atoms with Gasteiger partial charge in [-0.1, -0.05) is 24.3 Å². The van der Waals surface area contributed by atoms with E-state index in [2.05, 4.69) is 10.2 Å². The zero-order valence-corrected chi connectivity index (χ0v) is 15.2. The molecule has 0 unspecified atom stereocenters. The van der Waals surface area contributed by atoms with Gasteiger partial charge in [0.05, 0.1) is 11.1 Å². The Hall–Kier alpha value is -3.36. The summed E-state index contributed by atoms with van der Waals surface area (Å²) in [6.07, 6.45) is -4.51. The van der Waals surface area contributed by atoms with E-state index in [1.807, 2.05) is 18.2 Å². The van der Waals surface area contributed by atoms with Gasteiger partial charge in [0, 0.05) is 37.1 Å². The Morgan fingerprint density at radius 2 is 1.55 bits per heavy atom. The molecule has 0 atom stereocenters. The van der Waals surface area contributed by atoms with Crippen LogP contribution in [0.2, 0.25) is 0 Å². The van der Waals surface area contributed by atoms with Crippen LogP contribution in [0, 0.1) is 0 Å². The summed E-state index contributed by atoms with van der Waals surface area (Å²) >= 11 is 0. The average molecular weight is 402 g/mol. The Morgan fingerprint density at radius 1 is 0.897 bits per heavy atom. The number of aromatic amines is 1. The number of piperazine rings is 1. The van der Waals surface area contributed by atoms with Crippen LogP contribution in [0.3, 0.4) is 0 Å². The molecule has 6 nitrogen and oxygen atoms in total. The van der Waals surface area contributed by atoms with Crippen LogP contribution in [0.4, 0.5) is 13.2 Å². The van der Waals surface area contributed by atoms with Gasteiger partial charge in [-0.3, -0.25) is 14.7 Å². The molecule has 0 radical (unpaired) electrons. The Balaban J connectivity index is 1.44. The number of aromatic nitrogens is 2. The second-order valence-electron chi connectivity index (χ2n) is 6.78. The van der Waals surface area contributed by atoms with Crippen molar-refractivity contribution in [2.24, 2.45) is 0 Å². The maximum absolute atomic E-state index is 12.9. The molecule has 1 aliphatic heterocycles. The molecule has 2 heterocycles. The van der Waals surface area contributed by atoms with Gasteiger partial charge >= 0.3 is 6.18 Å². The van der Waals surface area contributed by atoms with Crippen molar-refractivity contribution in [3.05, 3.63) is 65.4 Å². The summed E-state index contributed by atoms with van der Waals surface area (Å²) < 4.78 is 38.6. The molecule has 4 rings (SSSR count). The smallest absolute Gasteiger partial charge is 0.335 e. The lowest BCUT2D eigenvalue weighted by molar-refractivity contribution is -0.137. The van der Waals surface area contributed by atoms with Gasteiger partial charge in [-0.05, 0) is 24.3 Å². The molecule has 1 N–H and O–H groups in total. The summed E-state index contributed by atoms with van der Waals surface area (Å²) in [4.78, 5) is 28.4. The van der Waals surface area contributed by atoms with E-state index in [0.717, 1.165) is 23.0 Å². The van der Waals surface area contributed by atoms with Crippen LogP contribution in [0.25, 0.3) is 10.9 Å². The Morgan fingerprint density at radius 3 is 2.24 bits per heavy atom. The number of H-pyrrole nitrogens is 1. The summed E-state index contributed by atoms with van der Waals surface area (Å²) in [5, 5.41) is 7.64. The Labute approximate surface area is 163 Å². The third-order valence-corrected chi connectivity index (χ3v) is 4.96. The zero-order valence-electron chi connectivity index (χ0n) is 15.2. The minimum absolute atomic E-state index is 0.0158. The molecular formula is C20H17F3N4O2. The van der Waals surface area contributed by atoms with Crippen molar-refractivity contribution >= 4 is 22.7 Å². The minimum atomic E-state index is -4.51. The molecule has 1 fully saturated rings. The second-order valence-corrected chi connectivity index (χ2v) is 6.78. The van der Waals surface area contributed by atoms with Crippen LogP contribution in [0.15, 0.2) is 48.5 Å². The first-order chi connectivity index (χ1) is 13.8. The number of carbonyl (C=O) groups is 2. The maximum atomic E-state index is 12.9. The van der Waals surface area contributed by atoms with E-state index in [1.165, 1.54) is 17.0 Å². The molecule has 2 aromatic carbocycles. The van der Waals surface area contributed by atoms with Gasteiger partial charge in [0.1, 0.15) is 0 Å². The first-order valence-electron chi connectivity index (χ1n) is 9.03. The predicted molar refractivity (Wildman–Crippen MR) is 99.3 cm³/mol. The minimum Gasteiger partial charge on any atom is -0.335 e. The molecule has 1 aromatic heterocycles. The molecule has 1 saturated heterocycles. The molecule has 0 saturated carbocycles. The molecule has 9 heteroatoms. The first-order valence-corrected chi connectivity index (χ1v) is 9.03. The van der Waals surface area contributed by atoms with Crippen LogP contribution in [-0.2, 0) is 6.18 Å². The number of carbonyl (C=O) groups excluding carboxylic acids is 2. The van der Waals surface area contributed by atoms with Crippen LogP contribution < -0.4 is 0 Å². The Bertz CT molecular complexity index is 1070. The summed E-state index contributed by atoms with van der Waals surface area (Å²) in [5.41, 5.74) is 0.202. The number of amides is 2. The van der Waals surface area contributed by atoms with Crippen molar-refractivity contribution < 1.29 is 22.8 Å². The van der Waals surface area contributed by atoms with E-state index >= 15 is 0 Å². The number of alkyl halides is 3. The number of benzene rings is 2. The molecular weight excluding hydrogens is 385 g/mol. The van der Waals surface area contributed by atoms with E-state index in [1.54, 1.807) is 11.0 Å². The van der Waals surface area contributed by atoms with Crippen LogP contribution in [-0.4, -0.2) is 58.0 Å². The molecule has 0 aliphatic carbocycles. The number of hydrogen-bond donors (Lipinski definition) is 1. The van der Waals surface area contributed by atoms with Gasteiger partial charge in [0.15, 0.2) is 5.69 Å². The van der Waals surface area contributed by atoms with Gasteiger partial charge in [0.25, 0.3) is 11.8 Å². The van der Waals surface area contributed by atoms with Crippen molar-refractivity contribution in [2.75, 3.05) is 26.2 Å². The molecule has 3 aromatic rings. The predicted octanol–water partition coefficient (Wildman–Crippen LogP) is 3.18. The summed E-state index contributed by atoms with van der Waals surface area (Å²) in [6.45, 7) is 1.04. The summed E-state index contributed by atoms with van der Waals surface area (Å²) in [5.74, 6) is -0.720. The zero-order chi connectivity index (χ0) is 20.6. The van der Waals surface area contributed by atoms with Crippen molar-refractivity contribution in [2.45, 2.75) is 6.18 Å². The normalized spacial score (nSPS) is 15.0. The van der Waals surface area contributed by atoms with E-state index in [-0.39, 0.29) is 37.6 Å². The number of hydrogen-bond acceptors (Lipinski definition) is 3. The summed E-state index contributed by atoms with van der Waals surface area (Å²) in [7, 11) is 0. The first kappa shape index (κ1) is 19.0. The van der Waals surface area contributed by atoms with E-state index < -0.39 is 17.6 Å². The topological polar surface area (TPSA) is 69.3 Å². The number of para-hydroxylation sites is 1. The van der Waals surface area contributed by atoms with Crippen molar-refractivity contribution in [1.82, 2.24) is 20.0 Å². The number of fused-ring (bicyclic) bond motifs is 1. The van der Waals surface area contributed by atoms with Crippen molar-refractivity contribution in [3.63, 3.8) is 0 Å². The lowest BCUT2D eigenvalue weighted by Gasteiger charge is -2.34.